The monoisotopic (exact) mass is 412 g/mol. The van der Waals surface area contributed by atoms with Gasteiger partial charge in [-0.2, -0.15) is 0 Å². The summed E-state index contributed by atoms with van der Waals surface area (Å²) in [6, 6.07) is 17.5. The average Bonchev–Trinajstić information content (AvgIpc) is 3.34. The number of aromatic nitrogens is 2. The Bertz CT molecular complexity index is 1210. The summed E-state index contributed by atoms with van der Waals surface area (Å²) in [7, 11) is -3.58. The van der Waals surface area contributed by atoms with Crippen molar-refractivity contribution in [3.63, 3.8) is 0 Å². The van der Waals surface area contributed by atoms with Crippen LogP contribution < -0.4 is 10.1 Å². The summed E-state index contributed by atoms with van der Waals surface area (Å²) in [6.45, 7) is 0. The molecule has 2 aromatic heterocycles. The minimum absolute atomic E-state index is 0.157. The zero-order chi connectivity index (χ0) is 19.6. The van der Waals surface area contributed by atoms with Crippen LogP contribution in [0.3, 0.4) is 0 Å². The van der Waals surface area contributed by atoms with Gasteiger partial charge in [0, 0.05) is 5.69 Å². The molecule has 142 valence electrons. The lowest BCUT2D eigenvalue weighted by molar-refractivity contribution is -0.116. The van der Waals surface area contributed by atoms with Crippen LogP contribution in [-0.2, 0) is 21.2 Å². The minimum Gasteiger partial charge on any atom is -0.279 e. The number of thiophene rings is 1. The summed E-state index contributed by atoms with van der Waals surface area (Å²) in [6.07, 6.45) is 1.72. The number of hydrogen-bond donors (Lipinski definition) is 2. The quantitative estimate of drug-likeness (QED) is 0.509. The van der Waals surface area contributed by atoms with Gasteiger partial charge in [0.25, 0.3) is 10.0 Å². The van der Waals surface area contributed by atoms with E-state index in [2.05, 4.69) is 15.1 Å². The van der Waals surface area contributed by atoms with Gasteiger partial charge in [0.1, 0.15) is 10.5 Å². The van der Waals surface area contributed by atoms with E-state index in [1.807, 2.05) is 24.3 Å². The summed E-state index contributed by atoms with van der Waals surface area (Å²) in [5.41, 5.74) is 5.61. The fourth-order valence-electron chi connectivity index (χ4n) is 2.72. The molecule has 0 radical (unpaired) electrons. The molecule has 0 saturated carbocycles. The Labute approximate surface area is 165 Å². The Morgan fingerprint density at radius 3 is 2.57 bits per heavy atom. The first kappa shape index (κ1) is 18.2. The number of nitrogens with zero attached hydrogens (tertiary/aromatic N) is 2. The highest BCUT2D eigenvalue weighted by atomic mass is 32.2. The molecule has 4 rings (SSSR count). The summed E-state index contributed by atoms with van der Waals surface area (Å²) < 4.78 is 28.8. The summed E-state index contributed by atoms with van der Waals surface area (Å²) in [4.78, 5) is 16.6. The molecule has 7 nitrogen and oxygen atoms in total. The van der Waals surface area contributed by atoms with E-state index in [1.54, 1.807) is 52.8 Å². The molecule has 0 atom stereocenters. The molecule has 0 unspecified atom stereocenters. The van der Waals surface area contributed by atoms with Crippen molar-refractivity contribution in [1.82, 2.24) is 9.66 Å². The number of rotatable bonds is 6. The van der Waals surface area contributed by atoms with Gasteiger partial charge in [-0.15, -0.1) is 11.3 Å². The van der Waals surface area contributed by atoms with Crippen LogP contribution in [-0.4, -0.2) is 24.0 Å². The van der Waals surface area contributed by atoms with Gasteiger partial charge in [0.2, 0.25) is 5.91 Å². The average molecular weight is 412 g/mol. The predicted molar refractivity (Wildman–Crippen MR) is 109 cm³/mol. The van der Waals surface area contributed by atoms with Crippen molar-refractivity contribution in [2.24, 2.45) is 0 Å². The topological polar surface area (TPSA) is 93.1 Å². The number of sulfonamides is 1. The maximum atomic E-state index is 12.3. The van der Waals surface area contributed by atoms with Crippen LogP contribution in [0, 0.1) is 0 Å². The number of hydrogen-bond acceptors (Lipinski definition) is 5. The minimum atomic E-state index is -3.58. The van der Waals surface area contributed by atoms with Crippen LogP contribution in [0.1, 0.15) is 5.56 Å². The number of fused-ring (bicyclic) bond motifs is 1. The highest BCUT2D eigenvalue weighted by molar-refractivity contribution is 7.94. The Hall–Kier alpha value is -3.17. The molecule has 0 saturated heterocycles. The third-order valence-corrected chi connectivity index (χ3v) is 6.81. The number of anilines is 1. The number of carbonyl (C=O) groups excluding carboxylic acids is 1. The van der Waals surface area contributed by atoms with Crippen molar-refractivity contribution in [3.05, 3.63) is 77.9 Å². The SMILES string of the molecule is O=C(Cc1ccc(NS(=O)(=O)c2cccs2)cc1)Nn1cnc2ccccc21. The maximum Gasteiger partial charge on any atom is 0.271 e. The van der Waals surface area contributed by atoms with E-state index in [0.29, 0.717) is 5.69 Å². The number of imidazole rings is 1. The van der Waals surface area contributed by atoms with Gasteiger partial charge in [0.05, 0.1) is 17.5 Å². The molecule has 0 spiro atoms. The molecule has 0 aliphatic rings. The molecule has 28 heavy (non-hydrogen) atoms. The fourth-order valence-corrected chi connectivity index (χ4v) is 4.77. The molecular weight excluding hydrogens is 396 g/mol. The van der Waals surface area contributed by atoms with Crippen molar-refractivity contribution in [1.29, 1.82) is 0 Å². The Morgan fingerprint density at radius 2 is 1.82 bits per heavy atom. The highest BCUT2D eigenvalue weighted by Crippen LogP contribution is 2.20. The molecule has 2 heterocycles. The second kappa shape index (κ2) is 7.45. The molecule has 2 aromatic carbocycles. The van der Waals surface area contributed by atoms with Crippen LogP contribution in [0.25, 0.3) is 11.0 Å². The molecule has 4 aromatic rings. The molecule has 0 aliphatic heterocycles. The first-order chi connectivity index (χ1) is 13.5. The Balaban J connectivity index is 1.41. The molecule has 9 heteroatoms. The first-order valence-electron chi connectivity index (χ1n) is 8.38. The van der Waals surface area contributed by atoms with Crippen molar-refractivity contribution >= 4 is 44.0 Å². The smallest absolute Gasteiger partial charge is 0.271 e. The molecular formula is C19H16N4O3S2. The van der Waals surface area contributed by atoms with Gasteiger partial charge < -0.3 is 0 Å². The maximum absolute atomic E-state index is 12.3. The molecule has 2 N–H and O–H groups in total. The third-order valence-electron chi connectivity index (χ3n) is 4.03. The Morgan fingerprint density at radius 1 is 1.04 bits per heavy atom. The lowest BCUT2D eigenvalue weighted by Gasteiger charge is -2.09. The van der Waals surface area contributed by atoms with Crippen molar-refractivity contribution in [2.75, 3.05) is 10.1 Å². The summed E-state index contributed by atoms with van der Waals surface area (Å²) in [5, 5.41) is 1.71. The van der Waals surface area contributed by atoms with E-state index in [-0.39, 0.29) is 16.5 Å². The van der Waals surface area contributed by atoms with Crippen LogP contribution >= 0.6 is 11.3 Å². The largest absolute Gasteiger partial charge is 0.279 e. The summed E-state index contributed by atoms with van der Waals surface area (Å²) in [5.74, 6) is -0.199. The Kier molecular flexibility index (Phi) is 4.84. The van der Waals surface area contributed by atoms with E-state index >= 15 is 0 Å². The van der Waals surface area contributed by atoms with E-state index in [4.69, 9.17) is 0 Å². The number of para-hydroxylation sites is 2. The summed E-state index contributed by atoms with van der Waals surface area (Å²) >= 11 is 1.15. The van der Waals surface area contributed by atoms with Crippen LogP contribution in [0.15, 0.2) is 76.6 Å². The standard InChI is InChI=1S/C19H16N4O3S2/c24-18(21-23-13-20-16-4-1-2-5-17(16)23)12-14-7-9-15(10-8-14)22-28(25,26)19-6-3-11-27-19/h1-11,13,22H,12H2,(H,21,24). The predicted octanol–water partition coefficient (Wildman–Crippen LogP) is 3.21. The van der Waals surface area contributed by atoms with E-state index < -0.39 is 10.0 Å². The number of carbonyl (C=O) groups is 1. The lowest BCUT2D eigenvalue weighted by atomic mass is 10.1. The van der Waals surface area contributed by atoms with Gasteiger partial charge in [-0.25, -0.2) is 18.1 Å². The van der Waals surface area contributed by atoms with E-state index in [1.165, 1.54) is 0 Å². The van der Waals surface area contributed by atoms with Crippen molar-refractivity contribution in [2.45, 2.75) is 10.6 Å². The van der Waals surface area contributed by atoms with Gasteiger partial charge >= 0.3 is 0 Å². The number of nitrogens with one attached hydrogen (secondary N) is 2. The second-order valence-electron chi connectivity index (χ2n) is 6.05. The van der Waals surface area contributed by atoms with E-state index in [9.17, 15) is 13.2 Å². The third kappa shape index (κ3) is 3.90. The van der Waals surface area contributed by atoms with Gasteiger partial charge in [-0.05, 0) is 41.3 Å². The van der Waals surface area contributed by atoms with Gasteiger partial charge in [-0.3, -0.25) is 14.9 Å². The van der Waals surface area contributed by atoms with E-state index in [0.717, 1.165) is 27.9 Å². The number of amides is 1. The number of benzene rings is 2. The first-order valence-corrected chi connectivity index (χ1v) is 10.7. The zero-order valence-corrected chi connectivity index (χ0v) is 16.2. The second-order valence-corrected chi connectivity index (χ2v) is 8.91. The lowest BCUT2D eigenvalue weighted by Crippen LogP contribution is -2.23. The van der Waals surface area contributed by atoms with Crippen LogP contribution in [0.2, 0.25) is 0 Å². The van der Waals surface area contributed by atoms with Crippen LogP contribution in [0.4, 0.5) is 5.69 Å². The van der Waals surface area contributed by atoms with Gasteiger partial charge in [-0.1, -0.05) is 30.3 Å². The molecule has 0 fully saturated rings. The van der Waals surface area contributed by atoms with Crippen molar-refractivity contribution < 1.29 is 13.2 Å². The van der Waals surface area contributed by atoms with Crippen molar-refractivity contribution in [3.8, 4) is 0 Å². The zero-order valence-electron chi connectivity index (χ0n) is 14.6. The molecule has 0 bridgehead atoms. The normalized spacial score (nSPS) is 11.4. The molecule has 1 amide bonds. The highest BCUT2D eigenvalue weighted by Gasteiger charge is 2.15. The fraction of sp³-hybridized carbons (Fsp3) is 0.0526. The van der Waals surface area contributed by atoms with Gasteiger partial charge in [0.15, 0.2) is 0 Å². The molecule has 0 aliphatic carbocycles. The van der Waals surface area contributed by atoms with Crippen LogP contribution in [0.5, 0.6) is 0 Å².